The molecule has 1 saturated heterocycles. The Morgan fingerprint density at radius 1 is 1.22 bits per heavy atom. The summed E-state index contributed by atoms with van der Waals surface area (Å²) in [5.41, 5.74) is 1.21. The number of benzene rings is 1. The molecule has 1 heterocycles. The van der Waals surface area contributed by atoms with Crippen LogP contribution in [0.3, 0.4) is 0 Å². The van der Waals surface area contributed by atoms with E-state index in [1.165, 1.54) is 5.56 Å². The van der Waals surface area contributed by atoms with Gasteiger partial charge in [0, 0.05) is 19.1 Å². The van der Waals surface area contributed by atoms with Crippen molar-refractivity contribution in [3.63, 3.8) is 0 Å². The molecule has 1 aliphatic heterocycles. The van der Waals surface area contributed by atoms with Gasteiger partial charge in [-0.25, -0.2) is 0 Å². The summed E-state index contributed by atoms with van der Waals surface area (Å²) in [5, 5.41) is 0. The minimum absolute atomic E-state index is 0.402. The number of likely N-dealkylation sites (tertiary alicyclic amines) is 1. The number of rotatable bonds is 6. The molecular formula is C15H23NO2. The largest absolute Gasteiger partial charge is 0.494 e. The summed E-state index contributed by atoms with van der Waals surface area (Å²) >= 11 is 0. The molecular weight excluding hydrogens is 226 g/mol. The lowest BCUT2D eigenvalue weighted by Gasteiger charge is -2.41. The van der Waals surface area contributed by atoms with Crippen molar-refractivity contribution < 1.29 is 9.47 Å². The van der Waals surface area contributed by atoms with Gasteiger partial charge in [0.15, 0.2) is 0 Å². The zero-order valence-electron chi connectivity index (χ0n) is 11.6. The molecule has 0 N–H and O–H groups in total. The predicted molar refractivity (Wildman–Crippen MR) is 72.9 cm³/mol. The molecule has 0 amide bonds. The Morgan fingerprint density at radius 3 is 2.44 bits per heavy atom. The van der Waals surface area contributed by atoms with Gasteiger partial charge >= 0.3 is 0 Å². The van der Waals surface area contributed by atoms with Gasteiger partial charge in [-0.15, -0.1) is 0 Å². The van der Waals surface area contributed by atoms with Gasteiger partial charge in [0.2, 0.25) is 0 Å². The van der Waals surface area contributed by atoms with E-state index >= 15 is 0 Å². The highest BCUT2D eigenvalue weighted by Gasteiger charge is 2.28. The Labute approximate surface area is 110 Å². The van der Waals surface area contributed by atoms with Crippen LogP contribution in [0.1, 0.15) is 26.3 Å². The van der Waals surface area contributed by atoms with Crippen molar-refractivity contribution in [1.82, 2.24) is 4.90 Å². The molecule has 0 unspecified atom stereocenters. The first-order chi connectivity index (χ1) is 8.69. The molecule has 18 heavy (non-hydrogen) atoms. The highest BCUT2D eigenvalue weighted by Crippen LogP contribution is 2.18. The number of nitrogens with zero attached hydrogens (tertiary/aromatic N) is 1. The Morgan fingerprint density at radius 2 is 1.89 bits per heavy atom. The molecule has 3 nitrogen and oxygen atoms in total. The monoisotopic (exact) mass is 249 g/mol. The van der Waals surface area contributed by atoms with Crippen molar-refractivity contribution in [3.8, 4) is 5.75 Å². The van der Waals surface area contributed by atoms with Crippen molar-refractivity contribution in [1.29, 1.82) is 0 Å². The molecule has 1 aromatic rings. The van der Waals surface area contributed by atoms with Crippen LogP contribution >= 0.6 is 0 Å². The van der Waals surface area contributed by atoms with Gasteiger partial charge in [0.1, 0.15) is 5.75 Å². The standard InChI is InChI=1S/C15H23NO2/c1-4-17-14-7-5-13(6-8-14)11-18-15-9-16(10-15)12(2)3/h5-8,12,15H,4,9-11H2,1-3H3. The average molecular weight is 249 g/mol. The van der Waals surface area contributed by atoms with Crippen LogP contribution in [0.2, 0.25) is 0 Å². The second kappa shape index (κ2) is 6.21. The van der Waals surface area contributed by atoms with Gasteiger partial charge in [0.05, 0.1) is 19.3 Å². The lowest BCUT2D eigenvalue weighted by Crippen LogP contribution is -2.54. The zero-order valence-corrected chi connectivity index (χ0v) is 11.6. The van der Waals surface area contributed by atoms with Crippen LogP contribution in [0.5, 0.6) is 5.75 Å². The summed E-state index contributed by atoms with van der Waals surface area (Å²) < 4.78 is 11.3. The van der Waals surface area contributed by atoms with Crippen LogP contribution in [0.25, 0.3) is 0 Å². The van der Waals surface area contributed by atoms with Gasteiger partial charge in [-0.2, -0.15) is 0 Å². The average Bonchev–Trinajstić information content (AvgIpc) is 2.29. The topological polar surface area (TPSA) is 21.7 Å². The van der Waals surface area contributed by atoms with Crippen molar-refractivity contribution in [2.75, 3.05) is 19.7 Å². The van der Waals surface area contributed by atoms with Crippen molar-refractivity contribution in [2.45, 2.75) is 39.5 Å². The van der Waals surface area contributed by atoms with Gasteiger partial charge in [-0.1, -0.05) is 12.1 Å². The van der Waals surface area contributed by atoms with Gasteiger partial charge < -0.3 is 9.47 Å². The molecule has 1 fully saturated rings. The van der Waals surface area contributed by atoms with Crippen LogP contribution < -0.4 is 4.74 Å². The highest BCUT2D eigenvalue weighted by molar-refractivity contribution is 5.26. The van der Waals surface area contributed by atoms with Crippen molar-refractivity contribution >= 4 is 0 Å². The molecule has 100 valence electrons. The van der Waals surface area contributed by atoms with Crippen LogP contribution in [0, 0.1) is 0 Å². The zero-order chi connectivity index (χ0) is 13.0. The molecule has 0 atom stereocenters. The molecule has 0 aliphatic carbocycles. The molecule has 1 aromatic carbocycles. The summed E-state index contributed by atoms with van der Waals surface area (Å²) in [4.78, 5) is 2.42. The van der Waals surface area contributed by atoms with E-state index in [0.717, 1.165) is 18.8 Å². The summed E-state index contributed by atoms with van der Waals surface area (Å²) in [6.07, 6.45) is 0.402. The van der Waals surface area contributed by atoms with Gasteiger partial charge in [0.25, 0.3) is 0 Å². The third kappa shape index (κ3) is 3.47. The first-order valence-corrected chi connectivity index (χ1v) is 6.76. The van der Waals surface area contributed by atoms with E-state index in [0.29, 0.717) is 25.4 Å². The van der Waals surface area contributed by atoms with Gasteiger partial charge in [-0.05, 0) is 38.5 Å². The Bertz CT molecular complexity index is 355. The second-order valence-corrected chi connectivity index (χ2v) is 5.06. The van der Waals surface area contributed by atoms with Crippen LogP contribution in [0.15, 0.2) is 24.3 Å². The normalized spacial score (nSPS) is 16.9. The fourth-order valence-electron chi connectivity index (χ4n) is 2.06. The van der Waals surface area contributed by atoms with Crippen molar-refractivity contribution in [2.24, 2.45) is 0 Å². The first kappa shape index (κ1) is 13.4. The molecule has 0 aromatic heterocycles. The Balaban J connectivity index is 1.71. The maximum Gasteiger partial charge on any atom is 0.119 e. The van der Waals surface area contributed by atoms with Crippen LogP contribution in [-0.2, 0) is 11.3 Å². The smallest absolute Gasteiger partial charge is 0.119 e. The molecule has 0 saturated carbocycles. The lowest BCUT2D eigenvalue weighted by molar-refractivity contribution is -0.0739. The summed E-state index contributed by atoms with van der Waals surface area (Å²) in [5.74, 6) is 0.927. The van der Waals surface area contributed by atoms with E-state index in [1.54, 1.807) is 0 Å². The van der Waals surface area contributed by atoms with E-state index in [4.69, 9.17) is 9.47 Å². The summed E-state index contributed by atoms with van der Waals surface area (Å²) in [6, 6.07) is 8.79. The Hall–Kier alpha value is -1.06. The minimum atomic E-state index is 0.402. The second-order valence-electron chi connectivity index (χ2n) is 5.06. The molecule has 1 aliphatic rings. The molecule has 3 heteroatoms. The van der Waals surface area contributed by atoms with Crippen molar-refractivity contribution in [3.05, 3.63) is 29.8 Å². The number of ether oxygens (including phenoxy) is 2. The molecule has 0 radical (unpaired) electrons. The summed E-state index contributed by atoms with van der Waals surface area (Å²) in [7, 11) is 0. The SMILES string of the molecule is CCOc1ccc(COC2CN(C(C)C)C2)cc1. The highest BCUT2D eigenvalue weighted by atomic mass is 16.5. The molecule has 0 bridgehead atoms. The molecule has 0 spiro atoms. The number of hydrogen-bond acceptors (Lipinski definition) is 3. The maximum atomic E-state index is 5.86. The third-order valence-corrected chi connectivity index (χ3v) is 3.33. The molecule has 2 rings (SSSR count). The quantitative estimate of drug-likeness (QED) is 0.773. The Kier molecular flexibility index (Phi) is 4.61. The van der Waals surface area contributed by atoms with E-state index in [-0.39, 0.29) is 0 Å². The van der Waals surface area contributed by atoms with E-state index in [1.807, 2.05) is 19.1 Å². The van der Waals surface area contributed by atoms with E-state index < -0.39 is 0 Å². The first-order valence-electron chi connectivity index (χ1n) is 6.76. The minimum Gasteiger partial charge on any atom is -0.494 e. The van der Waals surface area contributed by atoms with E-state index in [2.05, 4.69) is 30.9 Å². The third-order valence-electron chi connectivity index (χ3n) is 3.33. The predicted octanol–water partition coefficient (Wildman–Crippen LogP) is 2.69. The van der Waals surface area contributed by atoms with Crippen LogP contribution in [0.4, 0.5) is 0 Å². The van der Waals surface area contributed by atoms with Gasteiger partial charge in [-0.3, -0.25) is 4.90 Å². The fourth-order valence-corrected chi connectivity index (χ4v) is 2.06. The maximum absolute atomic E-state index is 5.86. The lowest BCUT2D eigenvalue weighted by atomic mass is 10.1. The summed E-state index contributed by atoms with van der Waals surface area (Å²) in [6.45, 7) is 9.98. The number of hydrogen-bond donors (Lipinski definition) is 0. The van der Waals surface area contributed by atoms with E-state index in [9.17, 15) is 0 Å². The fraction of sp³-hybridized carbons (Fsp3) is 0.600. The van der Waals surface area contributed by atoms with Crippen LogP contribution in [-0.4, -0.2) is 36.7 Å².